The molecule has 0 aromatic heterocycles. The van der Waals surface area contributed by atoms with Crippen LogP contribution in [0.1, 0.15) is 34.5 Å². The number of hydrogen-bond donors (Lipinski definition) is 1. The molecule has 2 aromatic carbocycles. The predicted molar refractivity (Wildman–Crippen MR) is 81.7 cm³/mol. The number of benzene rings is 2. The highest BCUT2D eigenvalue weighted by Gasteiger charge is 2.36. The van der Waals surface area contributed by atoms with Crippen molar-refractivity contribution >= 4 is 10.8 Å². The summed E-state index contributed by atoms with van der Waals surface area (Å²) in [7, 11) is -0.998. The van der Waals surface area contributed by atoms with E-state index in [4.69, 9.17) is 0 Å². The molecule has 0 spiro atoms. The summed E-state index contributed by atoms with van der Waals surface area (Å²) in [5, 5.41) is 10.00. The van der Waals surface area contributed by atoms with Crippen molar-refractivity contribution in [2.24, 2.45) is 0 Å². The van der Waals surface area contributed by atoms with Gasteiger partial charge < -0.3 is 5.11 Å². The normalized spacial score (nSPS) is 30.1. The lowest BCUT2D eigenvalue weighted by Gasteiger charge is -2.32. The van der Waals surface area contributed by atoms with Crippen LogP contribution in [0.4, 0.5) is 0 Å². The van der Waals surface area contributed by atoms with Crippen molar-refractivity contribution in [3.8, 4) is 0 Å². The van der Waals surface area contributed by atoms with Gasteiger partial charge in [0.05, 0.1) is 16.6 Å². The van der Waals surface area contributed by atoms with Crippen molar-refractivity contribution in [2.45, 2.75) is 29.4 Å². The topological polar surface area (TPSA) is 37.3 Å². The third-order valence-corrected chi connectivity index (χ3v) is 5.93. The van der Waals surface area contributed by atoms with Crippen molar-refractivity contribution in [3.63, 3.8) is 0 Å². The van der Waals surface area contributed by atoms with Gasteiger partial charge in [-0.2, -0.15) is 0 Å². The highest BCUT2D eigenvalue weighted by molar-refractivity contribution is 7.85. The van der Waals surface area contributed by atoms with Crippen LogP contribution in [0, 0.1) is 0 Å². The molecule has 20 heavy (non-hydrogen) atoms. The van der Waals surface area contributed by atoms with E-state index in [9.17, 15) is 9.32 Å². The first-order valence-electron chi connectivity index (χ1n) is 6.93. The molecule has 0 radical (unpaired) electrons. The molecule has 2 atom stereocenters. The van der Waals surface area contributed by atoms with Crippen LogP contribution in [0.15, 0.2) is 60.7 Å². The highest BCUT2D eigenvalue weighted by Crippen LogP contribution is 2.41. The third-order valence-electron chi connectivity index (χ3n) is 3.88. The zero-order valence-corrected chi connectivity index (χ0v) is 12.0. The molecule has 2 unspecified atom stereocenters. The standard InChI is InChI=1S/C17H18O2S/c18-15-11-16(13-7-3-1-4-8-13)20(19)17(12-15)14-9-5-2-6-10-14/h1-10,15-18H,11-12H2. The molecule has 3 heteroatoms. The van der Waals surface area contributed by atoms with E-state index in [-0.39, 0.29) is 16.6 Å². The van der Waals surface area contributed by atoms with Gasteiger partial charge in [0.25, 0.3) is 0 Å². The number of hydrogen-bond acceptors (Lipinski definition) is 2. The molecule has 1 aliphatic heterocycles. The number of rotatable bonds is 2. The molecule has 0 saturated carbocycles. The molecular formula is C17H18O2S. The number of aliphatic hydroxyl groups excluding tert-OH is 1. The van der Waals surface area contributed by atoms with Gasteiger partial charge in [-0.1, -0.05) is 60.7 Å². The maximum atomic E-state index is 12.9. The van der Waals surface area contributed by atoms with Gasteiger partial charge in [-0.25, -0.2) is 0 Å². The Morgan fingerprint density at radius 1 is 0.800 bits per heavy atom. The smallest absolute Gasteiger partial charge is 0.0627 e. The summed E-state index contributed by atoms with van der Waals surface area (Å²) in [6.45, 7) is 0. The summed E-state index contributed by atoms with van der Waals surface area (Å²) >= 11 is 0. The van der Waals surface area contributed by atoms with Crippen LogP contribution in [0.3, 0.4) is 0 Å². The van der Waals surface area contributed by atoms with Gasteiger partial charge in [0.2, 0.25) is 0 Å². The Kier molecular flexibility index (Phi) is 3.99. The highest BCUT2D eigenvalue weighted by atomic mass is 32.2. The minimum atomic E-state index is -0.998. The lowest BCUT2D eigenvalue weighted by molar-refractivity contribution is 0.146. The van der Waals surface area contributed by atoms with Gasteiger partial charge >= 0.3 is 0 Å². The first-order chi connectivity index (χ1) is 9.75. The Bertz CT molecular complexity index is 531. The van der Waals surface area contributed by atoms with Gasteiger partial charge in [-0.15, -0.1) is 0 Å². The van der Waals surface area contributed by atoms with E-state index in [1.165, 1.54) is 0 Å². The van der Waals surface area contributed by atoms with E-state index in [1.807, 2.05) is 60.7 Å². The molecule has 3 rings (SSSR count). The van der Waals surface area contributed by atoms with Crippen molar-refractivity contribution < 1.29 is 9.32 Å². The maximum Gasteiger partial charge on any atom is 0.0627 e. The zero-order chi connectivity index (χ0) is 13.9. The fourth-order valence-electron chi connectivity index (χ4n) is 2.85. The van der Waals surface area contributed by atoms with Crippen LogP contribution in [0.5, 0.6) is 0 Å². The van der Waals surface area contributed by atoms with E-state index in [1.54, 1.807) is 0 Å². The van der Waals surface area contributed by atoms with E-state index >= 15 is 0 Å². The lowest BCUT2D eigenvalue weighted by Crippen LogP contribution is -2.28. The molecular weight excluding hydrogens is 268 g/mol. The van der Waals surface area contributed by atoms with Gasteiger partial charge in [-0.05, 0) is 24.0 Å². The molecule has 0 bridgehead atoms. The van der Waals surface area contributed by atoms with Gasteiger partial charge in [0, 0.05) is 10.8 Å². The van der Waals surface area contributed by atoms with Crippen molar-refractivity contribution in [1.82, 2.24) is 0 Å². The second-order valence-corrected chi connectivity index (χ2v) is 7.05. The van der Waals surface area contributed by atoms with Gasteiger partial charge in [0.1, 0.15) is 0 Å². The second-order valence-electron chi connectivity index (χ2n) is 5.25. The molecule has 1 aliphatic rings. The van der Waals surface area contributed by atoms with Crippen LogP contribution in [0.2, 0.25) is 0 Å². The molecule has 1 heterocycles. The summed E-state index contributed by atoms with van der Waals surface area (Å²) in [6, 6.07) is 19.8. The van der Waals surface area contributed by atoms with Crippen LogP contribution < -0.4 is 0 Å². The average Bonchev–Trinajstić information content (AvgIpc) is 2.51. The maximum absolute atomic E-state index is 12.9. The molecule has 2 aromatic rings. The Hall–Kier alpha value is -1.45. The van der Waals surface area contributed by atoms with Gasteiger partial charge in [-0.3, -0.25) is 4.21 Å². The fraction of sp³-hybridized carbons (Fsp3) is 0.294. The average molecular weight is 286 g/mol. The lowest BCUT2D eigenvalue weighted by atomic mass is 9.99. The van der Waals surface area contributed by atoms with Crippen LogP contribution in [-0.2, 0) is 10.8 Å². The van der Waals surface area contributed by atoms with Gasteiger partial charge in [0.15, 0.2) is 0 Å². The third kappa shape index (κ3) is 2.69. The van der Waals surface area contributed by atoms with Crippen LogP contribution in [-0.4, -0.2) is 15.4 Å². The molecule has 0 amide bonds. The second kappa shape index (κ2) is 5.90. The van der Waals surface area contributed by atoms with E-state index in [2.05, 4.69) is 0 Å². The molecule has 2 nitrogen and oxygen atoms in total. The Balaban J connectivity index is 1.92. The summed E-state index contributed by atoms with van der Waals surface area (Å²) < 4.78 is 12.9. The molecule has 104 valence electrons. The van der Waals surface area contributed by atoms with Crippen molar-refractivity contribution in [3.05, 3.63) is 71.8 Å². The molecule has 0 aliphatic carbocycles. The van der Waals surface area contributed by atoms with E-state index in [0.29, 0.717) is 12.8 Å². The van der Waals surface area contributed by atoms with Crippen molar-refractivity contribution in [1.29, 1.82) is 0 Å². The molecule has 1 N–H and O–H groups in total. The van der Waals surface area contributed by atoms with Crippen LogP contribution in [0.25, 0.3) is 0 Å². The SMILES string of the molecule is O=S1C(c2ccccc2)CC(O)CC1c1ccccc1. The Morgan fingerprint density at radius 3 is 1.60 bits per heavy atom. The number of aliphatic hydroxyl groups is 1. The molecule has 1 fully saturated rings. The fourth-order valence-corrected chi connectivity index (χ4v) is 4.93. The molecule has 1 saturated heterocycles. The summed E-state index contributed by atoms with van der Waals surface area (Å²) in [5.74, 6) is 0. The van der Waals surface area contributed by atoms with E-state index < -0.39 is 10.8 Å². The largest absolute Gasteiger partial charge is 0.393 e. The first kappa shape index (κ1) is 13.5. The quantitative estimate of drug-likeness (QED) is 0.919. The minimum Gasteiger partial charge on any atom is -0.393 e. The predicted octanol–water partition coefficient (Wildman–Crippen LogP) is 3.37. The Morgan fingerprint density at radius 2 is 1.20 bits per heavy atom. The first-order valence-corrected chi connectivity index (χ1v) is 8.20. The monoisotopic (exact) mass is 286 g/mol. The summed E-state index contributed by atoms with van der Waals surface area (Å²) in [4.78, 5) is 0. The van der Waals surface area contributed by atoms with E-state index in [0.717, 1.165) is 11.1 Å². The van der Waals surface area contributed by atoms with Crippen molar-refractivity contribution in [2.75, 3.05) is 0 Å². The minimum absolute atomic E-state index is 0.0786. The summed E-state index contributed by atoms with van der Waals surface area (Å²) in [5.41, 5.74) is 2.12. The van der Waals surface area contributed by atoms with Crippen LogP contribution >= 0.6 is 0 Å². The summed E-state index contributed by atoms with van der Waals surface area (Å²) in [6.07, 6.45) is 0.781. The zero-order valence-electron chi connectivity index (χ0n) is 11.2. The Labute approximate surface area is 121 Å².